The molecule has 1 fully saturated rings. The topological polar surface area (TPSA) is 35.9 Å². The van der Waals surface area contributed by atoms with Gasteiger partial charge < -0.3 is 9.94 Å². The Morgan fingerprint density at radius 1 is 1.39 bits per heavy atom. The van der Waals surface area contributed by atoms with Crippen LogP contribution in [-0.4, -0.2) is 48.5 Å². The first kappa shape index (κ1) is 13.3. The second-order valence-corrected chi connectivity index (χ2v) is 4.93. The third-order valence-corrected chi connectivity index (χ3v) is 3.63. The van der Waals surface area contributed by atoms with E-state index in [1.807, 2.05) is 12.1 Å². The first-order valence-electron chi connectivity index (χ1n) is 6.46. The highest BCUT2D eigenvalue weighted by Gasteiger charge is 2.21. The molecule has 1 aliphatic rings. The van der Waals surface area contributed by atoms with Crippen molar-refractivity contribution in [2.45, 2.75) is 25.4 Å². The Kier molecular flexibility index (Phi) is 4.58. The Morgan fingerprint density at radius 2 is 2.11 bits per heavy atom. The van der Waals surface area contributed by atoms with Crippen LogP contribution >= 0.6 is 0 Å². The molecule has 0 spiro atoms. The predicted octanol–water partition coefficient (Wildman–Crippen LogP) is 1.98. The van der Waals surface area contributed by atoms with Gasteiger partial charge >= 0.3 is 0 Å². The van der Waals surface area contributed by atoms with Crippen LogP contribution in [0.3, 0.4) is 0 Å². The van der Waals surface area contributed by atoms with Gasteiger partial charge in [-0.05, 0) is 30.5 Å². The van der Waals surface area contributed by atoms with Gasteiger partial charge in [-0.3, -0.25) is 4.90 Å². The number of methoxy groups -OCH3 is 1. The first-order valence-corrected chi connectivity index (χ1v) is 6.46. The van der Waals surface area contributed by atoms with Crippen LogP contribution in [0.2, 0.25) is 0 Å². The zero-order chi connectivity index (χ0) is 13.0. The highest BCUT2D eigenvalue weighted by molar-refractivity contribution is 5.28. The van der Waals surface area contributed by atoms with E-state index in [0.29, 0.717) is 6.04 Å². The number of hydrogen-bond acceptors (Lipinski definition) is 4. The standard InChI is InChI=1S/C14H22N2O2/c1-15(17)13-6-8-16(9-7-13)11-12-4-3-5-14(10-12)18-2/h3-5,10,13,17H,6-9,11H2,1-2H3. The van der Waals surface area contributed by atoms with Crippen molar-refractivity contribution in [3.8, 4) is 5.75 Å². The molecule has 0 atom stereocenters. The summed E-state index contributed by atoms with van der Waals surface area (Å²) in [5.41, 5.74) is 1.28. The van der Waals surface area contributed by atoms with E-state index in [4.69, 9.17) is 4.74 Å². The van der Waals surface area contributed by atoms with Gasteiger partial charge in [0.15, 0.2) is 0 Å². The van der Waals surface area contributed by atoms with Crippen molar-refractivity contribution in [1.29, 1.82) is 0 Å². The van der Waals surface area contributed by atoms with Crippen LogP contribution in [0.5, 0.6) is 5.75 Å². The van der Waals surface area contributed by atoms with E-state index in [0.717, 1.165) is 38.2 Å². The Labute approximate surface area is 109 Å². The smallest absolute Gasteiger partial charge is 0.119 e. The van der Waals surface area contributed by atoms with Crippen molar-refractivity contribution < 1.29 is 9.94 Å². The SMILES string of the molecule is COc1cccc(CN2CCC(N(C)O)CC2)c1. The van der Waals surface area contributed by atoms with Crippen LogP contribution in [0.15, 0.2) is 24.3 Å². The second kappa shape index (κ2) is 6.18. The molecule has 1 aromatic carbocycles. The van der Waals surface area contributed by atoms with Crippen LogP contribution < -0.4 is 4.74 Å². The molecule has 0 saturated carbocycles. The minimum atomic E-state index is 0.312. The summed E-state index contributed by atoms with van der Waals surface area (Å²) in [6.07, 6.45) is 2.05. The van der Waals surface area contributed by atoms with Crippen LogP contribution in [0, 0.1) is 0 Å². The zero-order valence-electron chi connectivity index (χ0n) is 11.2. The summed E-state index contributed by atoms with van der Waals surface area (Å²) in [5.74, 6) is 0.914. The van der Waals surface area contributed by atoms with E-state index < -0.39 is 0 Å². The summed E-state index contributed by atoms with van der Waals surface area (Å²) in [6, 6.07) is 8.53. The Morgan fingerprint density at radius 3 is 2.72 bits per heavy atom. The fraction of sp³-hybridized carbons (Fsp3) is 0.571. The van der Waals surface area contributed by atoms with Gasteiger partial charge in [-0.2, -0.15) is 5.06 Å². The normalized spacial score (nSPS) is 18.2. The molecule has 100 valence electrons. The fourth-order valence-electron chi connectivity index (χ4n) is 2.48. The van der Waals surface area contributed by atoms with E-state index in [-0.39, 0.29) is 0 Å². The second-order valence-electron chi connectivity index (χ2n) is 4.93. The molecule has 18 heavy (non-hydrogen) atoms. The number of rotatable bonds is 4. The van der Waals surface area contributed by atoms with Crippen molar-refractivity contribution in [3.05, 3.63) is 29.8 Å². The molecule has 1 saturated heterocycles. The number of benzene rings is 1. The number of hydrogen-bond donors (Lipinski definition) is 1. The average molecular weight is 250 g/mol. The average Bonchev–Trinajstić information content (AvgIpc) is 2.39. The largest absolute Gasteiger partial charge is 0.497 e. The molecule has 4 nitrogen and oxygen atoms in total. The maximum Gasteiger partial charge on any atom is 0.119 e. The van der Waals surface area contributed by atoms with Crippen molar-refractivity contribution >= 4 is 0 Å². The van der Waals surface area contributed by atoms with E-state index in [1.165, 1.54) is 10.6 Å². The lowest BCUT2D eigenvalue weighted by molar-refractivity contribution is -0.116. The summed E-state index contributed by atoms with van der Waals surface area (Å²) >= 11 is 0. The molecule has 1 heterocycles. The molecule has 2 rings (SSSR count). The molecule has 0 unspecified atom stereocenters. The molecule has 0 amide bonds. The van der Waals surface area contributed by atoms with Gasteiger partial charge in [0, 0.05) is 32.7 Å². The number of nitrogens with zero attached hydrogens (tertiary/aromatic N) is 2. The lowest BCUT2D eigenvalue weighted by Crippen LogP contribution is -2.41. The van der Waals surface area contributed by atoms with Crippen LogP contribution in [0.25, 0.3) is 0 Å². The van der Waals surface area contributed by atoms with Crippen molar-refractivity contribution in [2.75, 3.05) is 27.2 Å². The summed E-state index contributed by atoms with van der Waals surface area (Å²) in [6.45, 7) is 3.03. The quantitative estimate of drug-likeness (QED) is 0.829. The third-order valence-electron chi connectivity index (χ3n) is 3.63. The zero-order valence-corrected chi connectivity index (χ0v) is 11.2. The summed E-state index contributed by atoms with van der Waals surface area (Å²) in [4.78, 5) is 2.43. The third kappa shape index (κ3) is 3.45. The molecule has 0 aliphatic carbocycles. The molecular weight excluding hydrogens is 228 g/mol. The maximum atomic E-state index is 9.42. The van der Waals surface area contributed by atoms with E-state index in [1.54, 1.807) is 14.2 Å². The van der Waals surface area contributed by atoms with Gasteiger partial charge in [0.1, 0.15) is 5.75 Å². The minimum Gasteiger partial charge on any atom is -0.497 e. The molecule has 1 aromatic rings. The first-order chi connectivity index (χ1) is 8.69. The van der Waals surface area contributed by atoms with Gasteiger partial charge in [-0.25, -0.2) is 0 Å². The lowest BCUT2D eigenvalue weighted by atomic mass is 10.0. The van der Waals surface area contributed by atoms with Crippen LogP contribution in [0.1, 0.15) is 18.4 Å². The molecule has 0 radical (unpaired) electrons. The van der Waals surface area contributed by atoms with Crippen molar-refractivity contribution in [3.63, 3.8) is 0 Å². The maximum absolute atomic E-state index is 9.42. The molecule has 0 aromatic heterocycles. The van der Waals surface area contributed by atoms with Gasteiger partial charge in [-0.1, -0.05) is 12.1 Å². The van der Waals surface area contributed by atoms with Crippen molar-refractivity contribution in [2.24, 2.45) is 0 Å². The number of likely N-dealkylation sites (tertiary alicyclic amines) is 1. The molecule has 4 heteroatoms. The van der Waals surface area contributed by atoms with Crippen molar-refractivity contribution in [1.82, 2.24) is 9.96 Å². The molecule has 1 N–H and O–H groups in total. The van der Waals surface area contributed by atoms with E-state index >= 15 is 0 Å². The molecule has 1 aliphatic heterocycles. The van der Waals surface area contributed by atoms with Crippen LogP contribution in [0.4, 0.5) is 0 Å². The van der Waals surface area contributed by atoms with Gasteiger partial charge in [-0.15, -0.1) is 0 Å². The van der Waals surface area contributed by atoms with Crippen LogP contribution in [-0.2, 0) is 6.54 Å². The lowest BCUT2D eigenvalue weighted by Gasteiger charge is -2.34. The molecular formula is C14H22N2O2. The predicted molar refractivity (Wildman–Crippen MR) is 70.8 cm³/mol. The highest BCUT2D eigenvalue weighted by atomic mass is 16.5. The van der Waals surface area contributed by atoms with E-state index in [9.17, 15) is 5.21 Å². The number of hydroxylamine groups is 2. The van der Waals surface area contributed by atoms with Gasteiger partial charge in [0.25, 0.3) is 0 Å². The van der Waals surface area contributed by atoms with Gasteiger partial charge in [0.05, 0.1) is 7.11 Å². The summed E-state index contributed by atoms with van der Waals surface area (Å²) < 4.78 is 5.23. The summed E-state index contributed by atoms with van der Waals surface area (Å²) in [5, 5.41) is 10.8. The fourth-order valence-corrected chi connectivity index (χ4v) is 2.48. The Bertz CT molecular complexity index is 374. The highest BCUT2D eigenvalue weighted by Crippen LogP contribution is 2.18. The minimum absolute atomic E-state index is 0.312. The molecule has 0 bridgehead atoms. The van der Waals surface area contributed by atoms with E-state index in [2.05, 4.69) is 17.0 Å². The Hall–Kier alpha value is -1.10. The monoisotopic (exact) mass is 250 g/mol. The number of piperidine rings is 1. The van der Waals surface area contributed by atoms with Gasteiger partial charge in [0.2, 0.25) is 0 Å². The Balaban J connectivity index is 1.87. The summed E-state index contributed by atoms with van der Waals surface area (Å²) in [7, 11) is 3.43. The number of ether oxygens (including phenoxy) is 1.